The summed E-state index contributed by atoms with van der Waals surface area (Å²) in [6, 6.07) is 15.8. The highest BCUT2D eigenvalue weighted by atomic mass is 79.9. The molecule has 4 rings (SSSR count). The molecular formula is C24H20BrNO4. The smallest absolute Gasteiger partial charge is 0.296 e. The van der Waals surface area contributed by atoms with E-state index in [9.17, 15) is 14.7 Å². The molecule has 30 heavy (non-hydrogen) atoms. The summed E-state index contributed by atoms with van der Waals surface area (Å²) in [6.45, 7) is 3.90. The summed E-state index contributed by atoms with van der Waals surface area (Å²) in [5.74, 6) is -0.974. The molecule has 3 aromatic rings. The SMILES string of the molecule is Cc1ccc(C)c(/C(O)=C2\C(=O)C(=O)N(Cc3ccco3)C2c2cccc(Br)c2)c1. The molecule has 1 aromatic heterocycles. The van der Waals surface area contributed by atoms with Crippen LogP contribution in [0.1, 0.15) is 34.1 Å². The lowest BCUT2D eigenvalue weighted by Gasteiger charge is -2.25. The number of likely N-dealkylation sites (tertiary alicyclic amines) is 1. The van der Waals surface area contributed by atoms with E-state index in [4.69, 9.17) is 4.42 Å². The van der Waals surface area contributed by atoms with Gasteiger partial charge in [-0.3, -0.25) is 9.59 Å². The van der Waals surface area contributed by atoms with Crippen molar-refractivity contribution in [3.63, 3.8) is 0 Å². The zero-order valence-electron chi connectivity index (χ0n) is 16.6. The predicted octanol–water partition coefficient (Wildman–Crippen LogP) is 5.28. The largest absolute Gasteiger partial charge is 0.507 e. The van der Waals surface area contributed by atoms with Gasteiger partial charge in [-0.15, -0.1) is 0 Å². The summed E-state index contributed by atoms with van der Waals surface area (Å²) < 4.78 is 6.22. The number of aliphatic hydroxyl groups excluding tert-OH is 1. The van der Waals surface area contributed by atoms with Crippen LogP contribution in [-0.2, 0) is 16.1 Å². The molecule has 0 radical (unpaired) electrons. The molecule has 1 fully saturated rings. The van der Waals surface area contributed by atoms with E-state index in [1.165, 1.54) is 11.2 Å². The summed E-state index contributed by atoms with van der Waals surface area (Å²) >= 11 is 3.46. The number of aryl methyl sites for hydroxylation is 2. The summed E-state index contributed by atoms with van der Waals surface area (Å²) in [5.41, 5.74) is 3.13. The Hall–Kier alpha value is -3.12. The average Bonchev–Trinajstić information content (AvgIpc) is 3.32. The Balaban J connectivity index is 1.92. The van der Waals surface area contributed by atoms with Gasteiger partial charge in [-0.2, -0.15) is 0 Å². The molecule has 2 aromatic carbocycles. The number of hydrogen-bond acceptors (Lipinski definition) is 4. The number of hydrogen-bond donors (Lipinski definition) is 1. The molecule has 1 N–H and O–H groups in total. The molecule has 0 spiro atoms. The Kier molecular flexibility index (Phi) is 5.35. The van der Waals surface area contributed by atoms with E-state index in [2.05, 4.69) is 15.9 Å². The predicted molar refractivity (Wildman–Crippen MR) is 117 cm³/mol. The summed E-state index contributed by atoms with van der Waals surface area (Å²) in [7, 11) is 0. The molecule has 1 amide bonds. The maximum absolute atomic E-state index is 13.1. The molecule has 1 aliphatic heterocycles. The molecule has 2 heterocycles. The van der Waals surface area contributed by atoms with Crippen molar-refractivity contribution in [1.82, 2.24) is 4.90 Å². The molecule has 1 unspecified atom stereocenters. The summed E-state index contributed by atoms with van der Waals surface area (Å²) in [4.78, 5) is 27.5. The first-order valence-electron chi connectivity index (χ1n) is 9.50. The highest BCUT2D eigenvalue weighted by Gasteiger charge is 2.46. The summed E-state index contributed by atoms with van der Waals surface area (Å²) in [6.07, 6.45) is 1.52. The fraction of sp³-hybridized carbons (Fsp3) is 0.167. The van der Waals surface area contributed by atoms with Crippen LogP contribution in [0.2, 0.25) is 0 Å². The van der Waals surface area contributed by atoms with E-state index in [-0.39, 0.29) is 17.9 Å². The van der Waals surface area contributed by atoms with Crippen molar-refractivity contribution in [2.75, 3.05) is 0 Å². The van der Waals surface area contributed by atoms with Gasteiger partial charge in [0.25, 0.3) is 11.7 Å². The molecular weight excluding hydrogens is 446 g/mol. The van der Waals surface area contributed by atoms with Gasteiger partial charge in [0.2, 0.25) is 0 Å². The van der Waals surface area contributed by atoms with Gasteiger partial charge in [0, 0.05) is 10.0 Å². The number of aliphatic hydroxyl groups is 1. The quantitative estimate of drug-likeness (QED) is 0.323. The molecule has 0 saturated carbocycles. The van der Waals surface area contributed by atoms with Crippen molar-refractivity contribution < 1.29 is 19.1 Å². The Morgan fingerprint density at radius 2 is 1.90 bits per heavy atom. The van der Waals surface area contributed by atoms with Gasteiger partial charge in [0.05, 0.1) is 24.4 Å². The lowest BCUT2D eigenvalue weighted by Crippen LogP contribution is -2.29. The number of carbonyl (C=O) groups excluding carboxylic acids is 2. The molecule has 1 aliphatic rings. The molecule has 1 saturated heterocycles. The highest BCUT2D eigenvalue weighted by molar-refractivity contribution is 9.10. The van der Waals surface area contributed by atoms with Crippen molar-refractivity contribution in [3.8, 4) is 0 Å². The van der Waals surface area contributed by atoms with Crippen molar-refractivity contribution in [1.29, 1.82) is 0 Å². The van der Waals surface area contributed by atoms with Crippen LogP contribution in [0.15, 0.2) is 75.3 Å². The number of amides is 1. The van der Waals surface area contributed by atoms with Crippen molar-refractivity contribution in [2.45, 2.75) is 26.4 Å². The van der Waals surface area contributed by atoms with Crippen LogP contribution in [0.25, 0.3) is 5.76 Å². The van der Waals surface area contributed by atoms with Crippen LogP contribution >= 0.6 is 15.9 Å². The third kappa shape index (κ3) is 3.59. The van der Waals surface area contributed by atoms with E-state index >= 15 is 0 Å². The van der Waals surface area contributed by atoms with Crippen LogP contribution in [0.4, 0.5) is 0 Å². The second-order valence-corrected chi connectivity index (χ2v) is 8.30. The van der Waals surface area contributed by atoms with Gasteiger partial charge in [0.15, 0.2) is 0 Å². The lowest BCUT2D eigenvalue weighted by molar-refractivity contribution is -0.140. The second kappa shape index (κ2) is 7.95. The zero-order chi connectivity index (χ0) is 21.4. The number of carbonyl (C=O) groups is 2. The van der Waals surface area contributed by atoms with Crippen LogP contribution in [0.3, 0.4) is 0 Å². The van der Waals surface area contributed by atoms with Crippen molar-refractivity contribution in [2.24, 2.45) is 0 Å². The third-order valence-electron chi connectivity index (χ3n) is 5.26. The van der Waals surface area contributed by atoms with E-state index in [0.29, 0.717) is 11.3 Å². The number of nitrogens with zero attached hydrogens (tertiary/aromatic N) is 1. The first-order chi connectivity index (χ1) is 14.4. The van der Waals surface area contributed by atoms with E-state index in [0.717, 1.165) is 21.2 Å². The van der Waals surface area contributed by atoms with Crippen molar-refractivity contribution >= 4 is 33.4 Å². The van der Waals surface area contributed by atoms with Gasteiger partial charge in [-0.25, -0.2) is 0 Å². The van der Waals surface area contributed by atoms with Gasteiger partial charge < -0.3 is 14.4 Å². The zero-order valence-corrected chi connectivity index (χ0v) is 18.1. The van der Waals surface area contributed by atoms with Gasteiger partial charge in [-0.1, -0.05) is 45.8 Å². The van der Waals surface area contributed by atoms with Crippen molar-refractivity contribution in [3.05, 3.63) is 98.9 Å². The normalized spacial score (nSPS) is 18.2. The van der Waals surface area contributed by atoms with E-state index in [1.54, 1.807) is 12.1 Å². The molecule has 152 valence electrons. The Bertz CT molecular complexity index is 1160. The van der Waals surface area contributed by atoms with E-state index < -0.39 is 17.7 Å². The third-order valence-corrected chi connectivity index (χ3v) is 5.75. The minimum Gasteiger partial charge on any atom is -0.507 e. The molecule has 5 nitrogen and oxygen atoms in total. The number of furan rings is 1. The Morgan fingerprint density at radius 1 is 1.10 bits per heavy atom. The second-order valence-electron chi connectivity index (χ2n) is 7.38. The molecule has 0 aliphatic carbocycles. The topological polar surface area (TPSA) is 70.8 Å². The fourth-order valence-electron chi connectivity index (χ4n) is 3.77. The van der Waals surface area contributed by atoms with Gasteiger partial charge in [-0.05, 0) is 55.3 Å². The Labute approximate surface area is 182 Å². The molecule has 0 bridgehead atoms. The van der Waals surface area contributed by atoms with Crippen LogP contribution < -0.4 is 0 Å². The number of rotatable bonds is 4. The van der Waals surface area contributed by atoms with Crippen LogP contribution in [0, 0.1) is 13.8 Å². The maximum atomic E-state index is 13.1. The van der Waals surface area contributed by atoms with Gasteiger partial charge in [0.1, 0.15) is 11.5 Å². The minimum absolute atomic E-state index is 0.0818. The van der Waals surface area contributed by atoms with Crippen LogP contribution in [-0.4, -0.2) is 21.7 Å². The van der Waals surface area contributed by atoms with E-state index in [1.807, 2.05) is 56.3 Å². The molecule has 1 atom stereocenters. The number of benzene rings is 2. The Morgan fingerprint density at radius 3 is 2.60 bits per heavy atom. The average molecular weight is 466 g/mol. The minimum atomic E-state index is -0.729. The first kappa shape index (κ1) is 20.2. The monoisotopic (exact) mass is 465 g/mol. The number of Topliss-reactive ketones (excluding diaryl/α,β-unsaturated/α-hetero) is 1. The standard InChI is InChI=1S/C24H20BrNO4/c1-14-8-9-15(2)19(11-14)22(27)20-21(16-5-3-6-17(25)12-16)26(24(29)23(20)28)13-18-7-4-10-30-18/h3-12,21,27H,13H2,1-2H3/b22-20+. The fourth-order valence-corrected chi connectivity index (χ4v) is 4.19. The highest BCUT2D eigenvalue weighted by Crippen LogP contribution is 2.41. The first-order valence-corrected chi connectivity index (χ1v) is 10.3. The lowest BCUT2D eigenvalue weighted by atomic mass is 9.93. The molecule has 6 heteroatoms. The number of ketones is 1. The van der Waals surface area contributed by atoms with Gasteiger partial charge >= 0.3 is 0 Å². The van der Waals surface area contributed by atoms with Crippen LogP contribution in [0.5, 0.6) is 0 Å². The maximum Gasteiger partial charge on any atom is 0.296 e. The summed E-state index contributed by atoms with van der Waals surface area (Å²) in [5, 5.41) is 11.2. The number of halogens is 1.